The number of amides is 2. The van der Waals surface area contributed by atoms with Crippen molar-refractivity contribution in [3.63, 3.8) is 0 Å². The molecule has 2 aromatic carbocycles. The molecule has 0 heterocycles. The SMILES string of the molecule is O=C(Nc1ccccc1)C1CC1C(=O)Nc1ccccc1F. The molecule has 2 atom stereocenters. The summed E-state index contributed by atoms with van der Waals surface area (Å²) in [6, 6.07) is 15.1. The van der Waals surface area contributed by atoms with Gasteiger partial charge < -0.3 is 10.6 Å². The number of hydrogen-bond donors (Lipinski definition) is 2. The number of carbonyl (C=O) groups excluding carboxylic acids is 2. The van der Waals surface area contributed by atoms with E-state index in [-0.39, 0.29) is 23.4 Å². The number of hydrogen-bond acceptors (Lipinski definition) is 2. The lowest BCUT2D eigenvalue weighted by Gasteiger charge is -2.06. The molecule has 2 N–H and O–H groups in total. The molecule has 1 aliphatic rings. The van der Waals surface area contributed by atoms with Gasteiger partial charge in [0, 0.05) is 5.69 Å². The second-order valence-corrected chi connectivity index (χ2v) is 5.27. The van der Waals surface area contributed by atoms with Crippen molar-refractivity contribution in [3.8, 4) is 0 Å². The third-order valence-corrected chi connectivity index (χ3v) is 3.64. The van der Waals surface area contributed by atoms with Crippen molar-refractivity contribution in [1.29, 1.82) is 0 Å². The van der Waals surface area contributed by atoms with Crippen molar-refractivity contribution in [2.45, 2.75) is 6.42 Å². The Bertz CT molecular complexity index is 703. The lowest BCUT2D eigenvalue weighted by molar-refractivity contribution is -0.122. The highest BCUT2D eigenvalue weighted by atomic mass is 19.1. The summed E-state index contributed by atoms with van der Waals surface area (Å²) in [4.78, 5) is 24.1. The van der Waals surface area contributed by atoms with Crippen LogP contribution >= 0.6 is 0 Å². The first-order valence-corrected chi connectivity index (χ1v) is 7.06. The Balaban J connectivity index is 1.56. The zero-order valence-corrected chi connectivity index (χ0v) is 11.8. The quantitative estimate of drug-likeness (QED) is 0.911. The van der Waals surface area contributed by atoms with E-state index in [1.54, 1.807) is 24.3 Å². The Kier molecular flexibility index (Phi) is 3.87. The van der Waals surface area contributed by atoms with Crippen molar-refractivity contribution < 1.29 is 14.0 Å². The van der Waals surface area contributed by atoms with Crippen LogP contribution in [-0.4, -0.2) is 11.8 Å². The van der Waals surface area contributed by atoms with Gasteiger partial charge in [-0.2, -0.15) is 0 Å². The predicted octanol–water partition coefficient (Wildman–Crippen LogP) is 3.04. The van der Waals surface area contributed by atoms with Crippen LogP contribution in [0.5, 0.6) is 0 Å². The smallest absolute Gasteiger partial charge is 0.228 e. The van der Waals surface area contributed by atoms with Crippen LogP contribution < -0.4 is 10.6 Å². The molecule has 22 heavy (non-hydrogen) atoms. The molecule has 0 radical (unpaired) electrons. The molecule has 1 aliphatic carbocycles. The molecule has 3 rings (SSSR count). The molecule has 0 bridgehead atoms. The molecule has 1 saturated carbocycles. The van der Waals surface area contributed by atoms with Crippen molar-refractivity contribution in [2.24, 2.45) is 11.8 Å². The molecule has 5 heteroatoms. The van der Waals surface area contributed by atoms with E-state index < -0.39 is 11.7 Å². The molecule has 2 amide bonds. The summed E-state index contributed by atoms with van der Waals surface area (Å²) >= 11 is 0. The van der Waals surface area contributed by atoms with Gasteiger partial charge in [-0.25, -0.2) is 4.39 Å². The third kappa shape index (κ3) is 3.14. The minimum Gasteiger partial charge on any atom is -0.326 e. The number of carbonyl (C=O) groups is 2. The van der Waals surface area contributed by atoms with E-state index in [9.17, 15) is 14.0 Å². The Morgan fingerprint density at radius 1 is 0.864 bits per heavy atom. The summed E-state index contributed by atoms with van der Waals surface area (Å²) in [6.07, 6.45) is 0.485. The maximum atomic E-state index is 13.5. The number of anilines is 2. The van der Waals surface area contributed by atoms with Gasteiger partial charge in [-0.15, -0.1) is 0 Å². The van der Waals surface area contributed by atoms with Crippen LogP contribution in [0.3, 0.4) is 0 Å². The summed E-state index contributed by atoms with van der Waals surface area (Å²) in [5, 5.41) is 5.30. The standard InChI is InChI=1S/C17H15FN2O2/c18-14-8-4-5-9-15(14)20-17(22)13-10-12(13)16(21)19-11-6-2-1-3-7-11/h1-9,12-13H,10H2,(H,19,21)(H,20,22). The van der Waals surface area contributed by atoms with Crippen LogP contribution in [0.15, 0.2) is 54.6 Å². The lowest BCUT2D eigenvalue weighted by atomic mass is 10.2. The fraction of sp³-hybridized carbons (Fsp3) is 0.176. The monoisotopic (exact) mass is 298 g/mol. The van der Waals surface area contributed by atoms with E-state index in [2.05, 4.69) is 10.6 Å². The van der Waals surface area contributed by atoms with Crippen molar-refractivity contribution in [2.75, 3.05) is 10.6 Å². The zero-order chi connectivity index (χ0) is 15.5. The highest BCUT2D eigenvalue weighted by molar-refractivity contribution is 6.03. The largest absolute Gasteiger partial charge is 0.326 e. The molecule has 0 aromatic heterocycles. The van der Waals surface area contributed by atoms with Crippen LogP contribution in [0.25, 0.3) is 0 Å². The highest BCUT2D eigenvalue weighted by Gasteiger charge is 2.48. The predicted molar refractivity (Wildman–Crippen MR) is 81.7 cm³/mol. The summed E-state index contributed by atoms with van der Waals surface area (Å²) in [7, 11) is 0. The van der Waals surface area contributed by atoms with Crippen molar-refractivity contribution in [1.82, 2.24) is 0 Å². The molecule has 0 saturated heterocycles. The van der Waals surface area contributed by atoms with Gasteiger partial charge in [0.2, 0.25) is 11.8 Å². The summed E-state index contributed by atoms with van der Waals surface area (Å²) in [5.41, 5.74) is 0.842. The van der Waals surface area contributed by atoms with E-state index in [0.29, 0.717) is 12.1 Å². The van der Waals surface area contributed by atoms with Gasteiger partial charge in [-0.1, -0.05) is 30.3 Å². The third-order valence-electron chi connectivity index (χ3n) is 3.64. The summed E-state index contributed by atoms with van der Waals surface area (Å²) in [6.45, 7) is 0. The van der Waals surface area contributed by atoms with Gasteiger partial charge in [0.25, 0.3) is 0 Å². The molecular weight excluding hydrogens is 283 g/mol. The van der Waals surface area contributed by atoms with Gasteiger partial charge in [-0.3, -0.25) is 9.59 Å². The van der Waals surface area contributed by atoms with Crippen LogP contribution in [0.2, 0.25) is 0 Å². The van der Waals surface area contributed by atoms with Crippen molar-refractivity contribution >= 4 is 23.2 Å². The minimum atomic E-state index is -0.484. The topological polar surface area (TPSA) is 58.2 Å². The first-order chi connectivity index (χ1) is 10.6. The van der Waals surface area contributed by atoms with Gasteiger partial charge in [0.05, 0.1) is 17.5 Å². The normalized spacial score (nSPS) is 19.3. The number of para-hydroxylation sites is 2. The van der Waals surface area contributed by atoms with Gasteiger partial charge in [0.15, 0.2) is 0 Å². The van der Waals surface area contributed by atoms with Gasteiger partial charge >= 0.3 is 0 Å². The molecule has 1 fully saturated rings. The van der Waals surface area contributed by atoms with Crippen molar-refractivity contribution in [3.05, 3.63) is 60.4 Å². The average Bonchev–Trinajstić information content (AvgIpc) is 3.31. The first kappa shape index (κ1) is 14.3. The van der Waals surface area contributed by atoms with Gasteiger partial charge in [-0.05, 0) is 30.7 Å². The van der Waals surface area contributed by atoms with Gasteiger partial charge in [0.1, 0.15) is 5.82 Å². The molecule has 2 aromatic rings. The van der Waals surface area contributed by atoms with E-state index >= 15 is 0 Å². The lowest BCUT2D eigenvalue weighted by Crippen LogP contribution is -2.20. The molecule has 0 aliphatic heterocycles. The van der Waals surface area contributed by atoms with Crippen LogP contribution in [0.1, 0.15) is 6.42 Å². The Morgan fingerprint density at radius 3 is 2.14 bits per heavy atom. The zero-order valence-electron chi connectivity index (χ0n) is 11.8. The molecule has 2 unspecified atom stereocenters. The first-order valence-electron chi connectivity index (χ1n) is 7.06. The Morgan fingerprint density at radius 2 is 1.45 bits per heavy atom. The van der Waals surface area contributed by atoms with E-state index in [4.69, 9.17) is 0 Å². The number of rotatable bonds is 4. The second kappa shape index (κ2) is 5.97. The summed E-state index contributed by atoms with van der Waals surface area (Å²) < 4.78 is 13.5. The maximum absolute atomic E-state index is 13.5. The van der Waals surface area contributed by atoms with E-state index in [0.717, 1.165) is 0 Å². The fourth-order valence-corrected chi connectivity index (χ4v) is 2.32. The molecule has 4 nitrogen and oxygen atoms in total. The molecule has 112 valence electrons. The minimum absolute atomic E-state index is 0.140. The van der Waals surface area contributed by atoms with Crippen LogP contribution in [0, 0.1) is 17.7 Å². The number of nitrogens with one attached hydrogen (secondary N) is 2. The Hall–Kier alpha value is -2.69. The fourth-order valence-electron chi connectivity index (χ4n) is 2.32. The highest BCUT2D eigenvalue weighted by Crippen LogP contribution is 2.40. The molecular formula is C17H15FN2O2. The van der Waals surface area contributed by atoms with Crippen LogP contribution in [-0.2, 0) is 9.59 Å². The average molecular weight is 298 g/mol. The summed E-state index contributed by atoms with van der Waals surface area (Å²) in [5.74, 6) is -1.74. The maximum Gasteiger partial charge on any atom is 0.228 e. The second-order valence-electron chi connectivity index (χ2n) is 5.27. The Labute approximate surface area is 127 Å². The van der Waals surface area contributed by atoms with E-state index in [1.807, 2.05) is 18.2 Å². The number of benzene rings is 2. The van der Waals surface area contributed by atoms with E-state index in [1.165, 1.54) is 12.1 Å². The number of halogens is 1. The molecule has 0 spiro atoms. The van der Waals surface area contributed by atoms with Crippen LogP contribution in [0.4, 0.5) is 15.8 Å².